The number of carbonyl (C=O) groups excluding carboxylic acids is 2. The molecule has 1 saturated carbocycles. The number of aromatic nitrogens is 2. The molecule has 1 aliphatic carbocycles. The highest BCUT2D eigenvalue weighted by Gasteiger charge is 2.30. The Hall–Kier alpha value is -3.10. The Labute approximate surface area is 166 Å². The fourth-order valence-electron chi connectivity index (χ4n) is 2.51. The van der Waals surface area contributed by atoms with Crippen LogP contribution < -0.4 is 15.4 Å². The third-order valence-corrected chi connectivity index (χ3v) is 4.30. The van der Waals surface area contributed by atoms with Crippen LogP contribution in [0, 0.1) is 5.92 Å². The van der Waals surface area contributed by atoms with E-state index in [1.165, 1.54) is 24.5 Å². The summed E-state index contributed by atoms with van der Waals surface area (Å²) in [6, 6.07) is 5.81. The van der Waals surface area contributed by atoms with Crippen molar-refractivity contribution in [2.24, 2.45) is 5.92 Å². The quantitative estimate of drug-likeness (QED) is 0.704. The summed E-state index contributed by atoms with van der Waals surface area (Å²) in [6.45, 7) is 1.78. The second kappa shape index (κ2) is 8.50. The van der Waals surface area contributed by atoms with Crippen LogP contribution in [0.2, 0.25) is 0 Å². The number of hydrogen-bond donors (Lipinski definition) is 2. The van der Waals surface area contributed by atoms with Gasteiger partial charge in [-0.05, 0) is 37.5 Å². The molecular formula is C20H22F2N4O3. The van der Waals surface area contributed by atoms with E-state index in [-0.39, 0.29) is 29.7 Å². The highest BCUT2D eigenvalue weighted by atomic mass is 19.3. The lowest BCUT2D eigenvalue weighted by Gasteiger charge is -2.15. The monoisotopic (exact) mass is 404 g/mol. The van der Waals surface area contributed by atoms with E-state index < -0.39 is 12.5 Å². The summed E-state index contributed by atoms with van der Waals surface area (Å²) < 4.78 is 30.6. The van der Waals surface area contributed by atoms with Crippen LogP contribution in [0.5, 0.6) is 5.88 Å². The normalized spacial score (nSPS) is 14.8. The van der Waals surface area contributed by atoms with Gasteiger partial charge in [-0.1, -0.05) is 6.07 Å². The van der Waals surface area contributed by atoms with E-state index in [2.05, 4.69) is 20.6 Å². The van der Waals surface area contributed by atoms with Crippen LogP contribution in [0.25, 0.3) is 0 Å². The number of anilines is 1. The first-order valence-corrected chi connectivity index (χ1v) is 9.25. The van der Waals surface area contributed by atoms with Gasteiger partial charge in [-0.3, -0.25) is 9.59 Å². The summed E-state index contributed by atoms with van der Waals surface area (Å²) in [4.78, 5) is 32.4. The molecule has 1 aliphatic rings. The van der Waals surface area contributed by atoms with Crippen molar-refractivity contribution in [3.63, 3.8) is 0 Å². The highest BCUT2D eigenvalue weighted by Crippen LogP contribution is 2.30. The van der Waals surface area contributed by atoms with Crippen LogP contribution in [-0.2, 0) is 4.79 Å². The third-order valence-electron chi connectivity index (χ3n) is 4.30. The molecule has 9 heteroatoms. The van der Waals surface area contributed by atoms with Gasteiger partial charge in [-0.2, -0.15) is 0 Å². The van der Waals surface area contributed by atoms with Gasteiger partial charge in [0.2, 0.25) is 11.8 Å². The van der Waals surface area contributed by atoms with Crippen LogP contribution in [0.1, 0.15) is 48.7 Å². The Morgan fingerprint density at radius 3 is 2.66 bits per heavy atom. The Morgan fingerprint density at radius 2 is 2.03 bits per heavy atom. The van der Waals surface area contributed by atoms with Crippen LogP contribution in [0.3, 0.4) is 0 Å². The summed E-state index contributed by atoms with van der Waals surface area (Å²) >= 11 is 0. The first-order valence-electron chi connectivity index (χ1n) is 9.25. The molecule has 0 radical (unpaired) electrons. The topological polar surface area (TPSA) is 93.2 Å². The molecule has 0 aliphatic heterocycles. The van der Waals surface area contributed by atoms with Crippen LogP contribution >= 0.6 is 0 Å². The number of amides is 2. The zero-order chi connectivity index (χ0) is 21.0. The van der Waals surface area contributed by atoms with Gasteiger partial charge in [0.25, 0.3) is 11.8 Å². The Bertz CT molecular complexity index is 880. The second-order valence-electron chi connectivity index (χ2n) is 7.18. The van der Waals surface area contributed by atoms with Gasteiger partial charge in [-0.15, -0.1) is 0 Å². The number of nitrogens with zero attached hydrogens (tertiary/aromatic N) is 2. The fraction of sp³-hybridized carbons (Fsp3) is 0.400. The maximum atomic E-state index is 12.8. The second-order valence-corrected chi connectivity index (χ2v) is 7.18. The van der Waals surface area contributed by atoms with E-state index in [1.54, 1.807) is 19.1 Å². The number of alkyl halides is 2. The Kier molecular flexibility index (Phi) is 6.05. The molecule has 0 aromatic carbocycles. The van der Waals surface area contributed by atoms with Crippen molar-refractivity contribution in [3.05, 3.63) is 47.8 Å². The number of carbonyl (C=O) groups is 2. The number of ether oxygens (including phenoxy) is 1. The largest absolute Gasteiger partial charge is 0.471 e. The molecule has 2 amide bonds. The SMILES string of the molecule is CC(NC(=O)c1ccnc(NC(=O)C2CC2)c1)c1ccc(OCC(C)(F)F)nc1. The molecule has 2 N–H and O–H groups in total. The molecule has 7 nitrogen and oxygen atoms in total. The molecule has 3 rings (SSSR count). The summed E-state index contributed by atoms with van der Waals surface area (Å²) in [5, 5.41) is 5.53. The molecular weight excluding hydrogens is 382 g/mol. The van der Waals surface area contributed by atoms with Crippen molar-refractivity contribution in [3.8, 4) is 5.88 Å². The first kappa shape index (κ1) is 20.6. The molecule has 154 valence electrons. The lowest BCUT2D eigenvalue weighted by atomic mass is 10.1. The van der Waals surface area contributed by atoms with Gasteiger partial charge >= 0.3 is 0 Å². The zero-order valence-electron chi connectivity index (χ0n) is 16.1. The highest BCUT2D eigenvalue weighted by molar-refractivity contribution is 5.97. The van der Waals surface area contributed by atoms with E-state index >= 15 is 0 Å². The average Bonchev–Trinajstić information content (AvgIpc) is 3.52. The molecule has 1 unspecified atom stereocenters. The summed E-state index contributed by atoms with van der Waals surface area (Å²) in [5.74, 6) is -2.91. The van der Waals surface area contributed by atoms with Crippen molar-refractivity contribution in [2.45, 2.75) is 38.7 Å². The Morgan fingerprint density at radius 1 is 1.28 bits per heavy atom. The third kappa shape index (κ3) is 6.20. The van der Waals surface area contributed by atoms with Crippen LogP contribution in [-0.4, -0.2) is 34.3 Å². The molecule has 2 aromatic rings. The van der Waals surface area contributed by atoms with Crippen LogP contribution in [0.15, 0.2) is 36.7 Å². The smallest absolute Gasteiger partial charge is 0.278 e. The molecule has 0 bridgehead atoms. The minimum atomic E-state index is -2.94. The molecule has 2 heterocycles. The number of halogens is 2. The first-order chi connectivity index (χ1) is 13.7. The van der Waals surface area contributed by atoms with Crippen molar-refractivity contribution >= 4 is 17.6 Å². The molecule has 2 aromatic heterocycles. The van der Waals surface area contributed by atoms with Gasteiger partial charge in [-0.25, -0.2) is 18.7 Å². The van der Waals surface area contributed by atoms with E-state index in [1.807, 2.05) is 0 Å². The number of hydrogen-bond acceptors (Lipinski definition) is 5. The standard InChI is InChI=1S/C20H22F2N4O3/c1-12(15-5-6-17(24-10-15)29-11-20(2,21)22)25-19(28)14-7-8-23-16(9-14)26-18(27)13-3-4-13/h5-10,12-13H,3-4,11H2,1-2H3,(H,25,28)(H,23,26,27). The summed E-state index contributed by atoms with van der Waals surface area (Å²) in [6.07, 6.45) is 4.67. The van der Waals surface area contributed by atoms with E-state index in [0.29, 0.717) is 16.9 Å². The van der Waals surface area contributed by atoms with Crippen LogP contribution in [0.4, 0.5) is 14.6 Å². The fourth-order valence-corrected chi connectivity index (χ4v) is 2.51. The van der Waals surface area contributed by atoms with Gasteiger partial charge in [0.15, 0.2) is 6.61 Å². The van der Waals surface area contributed by atoms with Gasteiger partial charge < -0.3 is 15.4 Å². The summed E-state index contributed by atoms with van der Waals surface area (Å²) in [7, 11) is 0. The number of rotatable bonds is 8. The molecule has 1 fully saturated rings. The van der Waals surface area contributed by atoms with Gasteiger partial charge in [0, 0.05) is 36.9 Å². The number of pyridine rings is 2. The van der Waals surface area contributed by atoms with Crippen molar-refractivity contribution in [2.75, 3.05) is 11.9 Å². The minimum absolute atomic E-state index is 0.0392. The van der Waals surface area contributed by atoms with Crippen molar-refractivity contribution in [1.82, 2.24) is 15.3 Å². The van der Waals surface area contributed by atoms with Gasteiger partial charge in [0.05, 0.1) is 6.04 Å². The molecule has 0 spiro atoms. The predicted octanol–water partition coefficient (Wildman–Crippen LogP) is 3.35. The van der Waals surface area contributed by atoms with Crippen molar-refractivity contribution < 1.29 is 23.1 Å². The maximum absolute atomic E-state index is 12.8. The summed E-state index contributed by atoms with van der Waals surface area (Å²) in [5.41, 5.74) is 1.04. The maximum Gasteiger partial charge on any atom is 0.278 e. The molecule has 29 heavy (non-hydrogen) atoms. The lowest BCUT2D eigenvalue weighted by Crippen LogP contribution is -2.27. The van der Waals surface area contributed by atoms with E-state index in [4.69, 9.17) is 4.74 Å². The lowest BCUT2D eigenvalue weighted by molar-refractivity contribution is -0.117. The average molecular weight is 404 g/mol. The number of nitrogens with one attached hydrogen (secondary N) is 2. The van der Waals surface area contributed by atoms with E-state index in [9.17, 15) is 18.4 Å². The van der Waals surface area contributed by atoms with E-state index in [0.717, 1.165) is 19.8 Å². The van der Waals surface area contributed by atoms with Gasteiger partial charge in [0.1, 0.15) is 5.82 Å². The minimum Gasteiger partial charge on any atom is -0.471 e. The molecule has 0 saturated heterocycles. The Balaban J connectivity index is 1.57. The van der Waals surface area contributed by atoms with Crippen molar-refractivity contribution in [1.29, 1.82) is 0 Å². The predicted molar refractivity (Wildman–Crippen MR) is 102 cm³/mol. The molecule has 1 atom stereocenters. The zero-order valence-corrected chi connectivity index (χ0v) is 16.1.